The number of hydrogen-bond acceptors (Lipinski definition) is 3. The zero-order valence-electron chi connectivity index (χ0n) is 10.5. The molecule has 106 valence electrons. The molecule has 0 saturated carbocycles. The average molecular weight is 415 g/mol. The first-order valence-electron chi connectivity index (χ1n) is 5.72. The lowest BCUT2D eigenvalue weighted by atomic mass is 10.2. The van der Waals surface area contributed by atoms with Crippen molar-refractivity contribution < 1.29 is 14.6 Å². The van der Waals surface area contributed by atoms with Crippen molar-refractivity contribution in [1.29, 1.82) is 0 Å². The monoisotopic (exact) mass is 412 g/mol. The summed E-state index contributed by atoms with van der Waals surface area (Å²) in [5.74, 6) is 1.33. The van der Waals surface area contributed by atoms with E-state index in [-0.39, 0.29) is 6.61 Å². The summed E-state index contributed by atoms with van der Waals surface area (Å²) in [7, 11) is 0. The maximum Gasteiger partial charge on any atom is 0.141 e. The molecule has 0 fully saturated rings. The Balaban J connectivity index is 2.70. The fourth-order valence-electron chi connectivity index (χ4n) is 1.41. The SMILES string of the molecule is Cc1cc(OCC=C(Br)Br)cc(Cl)c1OCCCO. The molecule has 1 rings (SSSR count). The number of aliphatic hydroxyl groups excluding tert-OH is 1. The van der Waals surface area contributed by atoms with Gasteiger partial charge in [0.2, 0.25) is 0 Å². The number of ether oxygens (including phenoxy) is 2. The molecule has 0 aromatic heterocycles. The Morgan fingerprint density at radius 2 is 2.11 bits per heavy atom. The van der Waals surface area contributed by atoms with Gasteiger partial charge in [0.15, 0.2) is 0 Å². The van der Waals surface area contributed by atoms with Gasteiger partial charge < -0.3 is 14.6 Å². The van der Waals surface area contributed by atoms with Gasteiger partial charge in [-0.25, -0.2) is 0 Å². The summed E-state index contributed by atoms with van der Waals surface area (Å²) in [5.41, 5.74) is 0.905. The molecule has 19 heavy (non-hydrogen) atoms. The number of aliphatic hydroxyl groups is 1. The third kappa shape index (κ3) is 6.17. The Labute approximate surface area is 134 Å². The van der Waals surface area contributed by atoms with Crippen LogP contribution in [0.3, 0.4) is 0 Å². The Kier molecular flexibility index (Phi) is 7.83. The van der Waals surface area contributed by atoms with Crippen LogP contribution in [-0.2, 0) is 0 Å². The standard InChI is InChI=1S/C13H15Br2ClO3/c1-9-7-10(18-6-3-12(14)15)8-11(16)13(9)19-5-2-4-17/h3,7-8,17H,2,4-6H2,1H3. The summed E-state index contributed by atoms with van der Waals surface area (Å²) < 4.78 is 11.9. The van der Waals surface area contributed by atoms with Gasteiger partial charge >= 0.3 is 0 Å². The maximum atomic E-state index is 8.72. The molecule has 0 heterocycles. The smallest absolute Gasteiger partial charge is 0.141 e. The lowest BCUT2D eigenvalue weighted by molar-refractivity contribution is 0.232. The molecule has 1 aromatic carbocycles. The van der Waals surface area contributed by atoms with Gasteiger partial charge in [-0.05, 0) is 56.5 Å². The van der Waals surface area contributed by atoms with Crippen LogP contribution in [0.5, 0.6) is 11.5 Å². The van der Waals surface area contributed by atoms with Gasteiger partial charge in [-0.3, -0.25) is 0 Å². The van der Waals surface area contributed by atoms with Crippen LogP contribution in [0.15, 0.2) is 21.6 Å². The average Bonchev–Trinajstić information content (AvgIpc) is 2.32. The van der Waals surface area contributed by atoms with E-state index in [1.54, 1.807) is 6.07 Å². The van der Waals surface area contributed by atoms with Crippen LogP contribution < -0.4 is 9.47 Å². The molecule has 6 heteroatoms. The summed E-state index contributed by atoms with van der Waals surface area (Å²) in [6.07, 6.45) is 2.42. The second-order valence-electron chi connectivity index (χ2n) is 3.78. The van der Waals surface area contributed by atoms with Crippen molar-refractivity contribution in [2.75, 3.05) is 19.8 Å². The summed E-state index contributed by atoms with van der Waals surface area (Å²) in [6.45, 7) is 2.89. The lowest BCUT2D eigenvalue weighted by Gasteiger charge is -2.12. The number of benzene rings is 1. The number of halogens is 3. The van der Waals surface area contributed by atoms with Gasteiger partial charge in [-0.15, -0.1) is 0 Å². The van der Waals surface area contributed by atoms with Gasteiger partial charge in [0.25, 0.3) is 0 Å². The van der Waals surface area contributed by atoms with E-state index in [0.717, 1.165) is 8.96 Å². The maximum absolute atomic E-state index is 8.72. The van der Waals surface area contributed by atoms with E-state index >= 15 is 0 Å². The topological polar surface area (TPSA) is 38.7 Å². The van der Waals surface area contributed by atoms with Crippen molar-refractivity contribution in [2.45, 2.75) is 13.3 Å². The molecule has 0 unspecified atom stereocenters. The molecule has 1 aromatic rings. The van der Waals surface area contributed by atoms with Gasteiger partial charge in [0.1, 0.15) is 18.1 Å². The molecule has 0 radical (unpaired) electrons. The molecule has 0 spiro atoms. The summed E-state index contributed by atoms with van der Waals surface area (Å²) in [4.78, 5) is 0. The molecule has 1 N–H and O–H groups in total. The predicted molar refractivity (Wildman–Crippen MR) is 84.8 cm³/mol. The normalized spacial score (nSPS) is 10.2. The van der Waals surface area contributed by atoms with Crippen LogP contribution in [0.1, 0.15) is 12.0 Å². The van der Waals surface area contributed by atoms with Crippen molar-refractivity contribution >= 4 is 43.5 Å². The van der Waals surface area contributed by atoms with E-state index in [1.165, 1.54) is 0 Å². The molecule has 0 aliphatic heterocycles. The van der Waals surface area contributed by atoms with Crippen LogP contribution in [0.4, 0.5) is 0 Å². The van der Waals surface area contributed by atoms with Crippen molar-refractivity contribution in [3.05, 3.63) is 32.2 Å². The minimum absolute atomic E-state index is 0.103. The summed E-state index contributed by atoms with van der Waals surface area (Å²) in [6, 6.07) is 3.59. The fraction of sp³-hybridized carbons (Fsp3) is 0.385. The van der Waals surface area contributed by atoms with Crippen molar-refractivity contribution in [2.24, 2.45) is 0 Å². The quantitative estimate of drug-likeness (QED) is 0.672. The van der Waals surface area contributed by atoms with E-state index in [4.69, 9.17) is 26.2 Å². The van der Waals surface area contributed by atoms with Crippen molar-refractivity contribution in [3.63, 3.8) is 0 Å². The molecular formula is C13H15Br2ClO3. The minimum atomic E-state index is 0.103. The Morgan fingerprint density at radius 3 is 2.68 bits per heavy atom. The van der Waals surface area contributed by atoms with Gasteiger partial charge in [0.05, 0.1) is 15.0 Å². The van der Waals surface area contributed by atoms with Crippen LogP contribution in [-0.4, -0.2) is 24.9 Å². The fourth-order valence-corrected chi connectivity index (χ4v) is 1.98. The van der Waals surface area contributed by atoms with Crippen LogP contribution in [0.2, 0.25) is 5.02 Å². The molecule has 0 aliphatic rings. The first-order valence-corrected chi connectivity index (χ1v) is 7.68. The molecule has 3 nitrogen and oxygen atoms in total. The van der Waals surface area contributed by atoms with E-state index in [2.05, 4.69) is 31.9 Å². The lowest BCUT2D eigenvalue weighted by Crippen LogP contribution is -2.02. The Morgan fingerprint density at radius 1 is 1.37 bits per heavy atom. The largest absolute Gasteiger partial charge is 0.492 e. The van der Waals surface area contributed by atoms with E-state index in [0.29, 0.717) is 36.2 Å². The number of rotatable bonds is 7. The van der Waals surface area contributed by atoms with E-state index in [9.17, 15) is 0 Å². The predicted octanol–water partition coefficient (Wildman–Crippen LogP) is 4.42. The summed E-state index contributed by atoms with van der Waals surface area (Å²) in [5, 5.41) is 9.23. The Bertz CT molecular complexity index is 423. The number of aryl methyl sites for hydroxylation is 1. The first kappa shape index (κ1) is 16.8. The third-order valence-corrected chi connectivity index (χ3v) is 3.17. The molecule has 0 saturated heterocycles. The molecular weight excluding hydrogens is 399 g/mol. The first-order chi connectivity index (χ1) is 9.04. The number of hydrogen-bond donors (Lipinski definition) is 1. The summed E-state index contributed by atoms with van der Waals surface area (Å²) >= 11 is 12.7. The second-order valence-corrected chi connectivity index (χ2v) is 6.96. The van der Waals surface area contributed by atoms with Gasteiger partial charge in [-0.1, -0.05) is 11.6 Å². The van der Waals surface area contributed by atoms with Crippen LogP contribution >= 0.6 is 43.5 Å². The molecule has 0 amide bonds. The van der Waals surface area contributed by atoms with E-state index < -0.39 is 0 Å². The van der Waals surface area contributed by atoms with Gasteiger partial charge in [0, 0.05) is 19.1 Å². The molecule has 0 atom stereocenters. The highest BCUT2D eigenvalue weighted by Crippen LogP contribution is 2.33. The Hall–Kier alpha value is -0.230. The highest BCUT2D eigenvalue weighted by atomic mass is 79.9. The zero-order chi connectivity index (χ0) is 14.3. The van der Waals surface area contributed by atoms with Crippen molar-refractivity contribution in [1.82, 2.24) is 0 Å². The van der Waals surface area contributed by atoms with E-state index in [1.807, 2.05) is 19.1 Å². The highest BCUT2D eigenvalue weighted by Gasteiger charge is 2.08. The van der Waals surface area contributed by atoms with Crippen molar-refractivity contribution in [3.8, 4) is 11.5 Å². The highest BCUT2D eigenvalue weighted by molar-refractivity contribution is 9.28. The molecule has 0 bridgehead atoms. The second kappa shape index (κ2) is 8.84. The van der Waals surface area contributed by atoms with Crippen LogP contribution in [0.25, 0.3) is 0 Å². The van der Waals surface area contributed by atoms with Crippen LogP contribution in [0, 0.1) is 6.92 Å². The zero-order valence-corrected chi connectivity index (χ0v) is 14.4. The van der Waals surface area contributed by atoms with Gasteiger partial charge in [-0.2, -0.15) is 0 Å². The third-order valence-electron chi connectivity index (χ3n) is 2.24. The minimum Gasteiger partial charge on any atom is -0.492 e. The molecule has 0 aliphatic carbocycles.